The fraction of sp³-hybridized carbons (Fsp3) is 0.300. The van der Waals surface area contributed by atoms with Gasteiger partial charge in [-0.1, -0.05) is 6.07 Å². The average Bonchev–Trinajstić information content (AvgIpc) is 2.66. The molecule has 0 aliphatic heterocycles. The zero-order chi connectivity index (χ0) is 22.3. The number of hydrogen-bond acceptors (Lipinski definition) is 6. The van der Waals surface area contributed by atoms with Crippen molar-refractivity contribution >= 4 is 49.4 Å². The van der Waals surface area contributed by atoms with Crippen LogP contribution in [-0.2, 0) is 14.8 Å². The van der Waals surface area contributed by atoms with E-state index in [0.717, 1.165) is 26.3 Å². The van der Waals surface area contributed by atoms with E-state index in [1.54, 1.807) is 24.3 Å². The van der Waals surface area contributed by atoms with E-state index in [1.165, 1.54) is 6.21 Å². The maximum atomic E-state index is 12.3. The largest absolute Gasteiger partial charge is 0.494 e. The van der Waals surface area contributed by atoms with E-state index in [2.05, 4.69) is 26.5 Å². The molecule has 0 saturated heterocycles. The van der Waals surface area contributed by atoms with Gasteiger partial charge in [-0.2, -0.15) is 5.10 Å². The standard InChI is InChI=1S/C20H25BrN4O4S/c1-5-29-17-9-7-16(8-10-17)25(30(4,27)28)14-20(26)23-22-13-15-6-11-19(24(2)3)18(21)12-15/h6-13H,5,14H2,1-4H3,(H,23,26)/b22-13+. The van der Waals surface area contributed by atoms with E-state index in [9.17, 15) is 13.2 Å². The van der Waals surface area contributed by atoms with Gasteiger partial charge in [0.1, 0.15) is 12.3 Å². The Balaban J connectivity index is 2.06. The highest BCUT2D eigenvalue weighted by Gasteiger charge is 2.20. The van der Waals surface area contributed by atoms with Crippen molar-refractivity contribution in [3.8, 4) is 5.75 Å². The summed E-state index contributed by atoms with van der Waals surface area (Å²) in [6.45, 7) is 1.97. The van der Waals surface area contributed by atoms with Gasteiger partial charge >= 0.3 is 0 Å². The molecule has 1 amide bonds. The quantitative estimate of drug-likeness (QED) is 0.425. The SMILES string of the molecule is CCOc1ccc(N(CC(=O)N/N=C/c2ccc(N(C)C)c(Br)c2)S(C)(=O)=O)cc1. The molecule has 2 aromatic rings. The molecule has 0 aromatic heterocycles. The monoisotopic (exact) mass is 496 g/mol. The number of benzene rings is 2. The van der Waals surface area contributed by atoms with Crippen LogP contribution in [-0.4, -0.2) is 54.0 Å². The number of hydrogen-bond donors (Lipinski definition) is 1. The van der Waals surface area contributed by atoms with Gasteiger partial charge < -0.3 is 9.64 Å². The maximum absolute atomic E-state index is 12.3. The number of sulfonamides is 1. The molecule has 1 N–H and O–H groups in total. The summed E-state index contributed by atoms with van der Waals surface area (Å²) in [4.78, 5) is 14.2. The molecule has 162 valence electrons. The Kier molecular flexibility index (Phi) is 8.24. The van der Waals surface area contributed by atoms with Crippen molar-refractivity contribution < 1.29 is 17.9 Å². The lowest BCUT2D eigenvalue weighted by atomic mass is 10.2. The van der Waals surface area contributed by atoms with Gasteiger partial charge in [0.05, 0.1) is 30.5 Å². The van der Waals surface area contributed by atoms with Gasteiger partial charge in [-0.25, -0.2) is 13.8 Å². The molecule has 10 heteroatoms. The van der Waals surface area contributed by atoms with Crippen molar-refractivity contribution in [3.05, 3.63) is 52.5 Å². The van der Waals surface area contributed by atoms with Crippen molar-refractivity contribution in [1.82, 2.24) is 5.43 Å². The second-order valence-electron chi connectivity index (χ2n) is 6.60. The van der Waals surface area contributed by atoms with Crippen LogP contribution in [0, 0.1) is 0 Å². The lowest BCUT2D eigenvalue weighted by Gasteiger charge is -2.21. The van der Waals surface area contributed by atoms with Crippen LogP contribution in [0.3, 0.4) is 0 Å². The third-order valence-electron chi connectivity index (χ3n) is 3.98. The number of carbonyl (C=O) groups is 1. The van der Waals surface area contributed by atoms with E-state index >= 15 is 0 Å². The Morgan fingerprint density at radius 2 is 1.87 bits per heavy atom. The van der Waals surface area contributed by atoms with Crippen molar-refractivity contribution in [2.45, 2.75) is 6.92 Å². The third kappa shape index (κ3) is 6.74. The summed E-state index contributed by atoms with van der Waals surface area (Å²) in [5, 5.41) is 3.92. The number of halogens is 1. The summed E-state index contributed by atoms with van der Waals surface area (Å²) < 4.78 is 31.6. The second-order valence-corrected chi connectivity index (χ2v) is 9.36. The van der Waals surface area contributed by atoms with Crippen LogP contribution >= 0.6 is 15.9 Å². The normalized spacial score (nSPS) is 11.4. The number of hydrazone groups is 1. The van der Waals surface area contributed by atoms with Crippen LogP contribution in [0.5, 0.6) is 5.75 Å². The molecule has 0 fully saturated rings. The first-order valence-corrected chi connectivity index (χ1v) is 11.7. The Labute approximate surface area is 185 Å². The van der Waals surface area contributed by atoms with Crippen molar-refractivity contribution in [3.63, 3.8) is 0 Å². The molecule has 2 rings (SSSR count). The number of nitrogens with one attached hydrogen (secondary N) is 1. The fourth-order valence-electron chi connectivity index (χ4n) is 2.59. The van der Waals surface area contributed by atoms with Gasteiger partial charge in [-0.05, 0) is 64.8 Å². The minimum absolute atomic E-state index is 0.364. The van der Waals surface area contributed by atoms with E-state index in [-0.39, 0.29) is 0 Å². The summed E-state index contributed by atoms with van der Waals surface area (Å²) in [6.07, 6.45) is 2.54. The molecule has 0 aliphatic rings. The first-order chi connectivity index (χ1) is 14.1. The van der Waals surface area contributed by atoms with Gasteiger partial charge in [-0.15, -0.1) is 0 Å². The van der Waals surface area contributed by atoms with Crippen LogP contribution in [0.15, 0.2) is 52.0 Å². The van der Waals surface area contributed by atoms with E-state index in [1.807, 2.05) is 44.1 Å². The molecule has 0 aliphatic carbocycles. The lowest BCUT2D eigenvalue weighted by Crippen LogP contribution is -2.39. The minimum atomic E-state index is -3.66. The Hall–Kier alpha value is -2.59. The first-order valence-electron chi connectivity index (χ1n) is 9.11. The maximum Gasteiger partial charge on any atom is 0.260 e. The molecule has 0 radical (unpaired) electrons. The van der Waals surface area contributed by atoms with Crippen LogP contribution < -0.4 is 19.4 Å². The minimum Gasteiger partial charge on any atom is -0.494 e. The summed E-state index contributed by atoms with van der Waals surface area (Å²) in [5.74, 6) is 0.0599. The van der Waals surface area contributed by atoms with Crippen molar-refractivity contribution in [1.29, 1.82) is 0 Å². The van der Waals surface area contributed by atoms with E-state index in [4.69, 9.17) is 4.74 Å². The molecule has 0 unspecified atom stereocenters. The zero-order valence-electron chi connectivity index (χ0n) is 17.3. The third-order valence-corrected chi connectivity index (χ3v) is 5.76. The molecule has 30 heavy (non-hydrogen) atoms. The topological polar surface area (TPSA) is 91.3 Å². The summed E-state index contributed by atoms with van der Waals surface area (Å²) in [7, 11) is 0.208. The van der Waals surface area contributed by atoms with Crippen molar-refractivity contribution in [2.75, 3.05) is 42.7 Å². The molecule has 0 heterocycles. The second kappa shape index (κ2) is 10.4. The number of amides is 1. The molecular weight excluding hydrogens is 472 g/mol. The lowest BCUT2D eigenvalue weighted by molar-refractivity contribution is -0.119. The Morgan fingerprint density at radius 1 is 1.20 bits per heavy atom. The highest BCUT2D eigenvalue weighted by atomic mass is 79.9. The van der Waals surface area contributed by atoms with Crippen molar-refractivity contribution in [2.24, 2.45) is 5.10 Å². The molecule has 0 atom stereocenters. The highest BCUT2D eigenvalue weighted by molar-refractivity contribution is 9.10. The molecular formula is C20H25BrN4O4S. The number of ether oxygens (including phenoxy) is 1. The molecule has 0 saturated carbocycles. The van der Waals surface area contributed by atoms with Crippen LogP contribution in [0.25, 0.3) is 0 Å². The highest BCUT2D eigenvalue weighted by Crippen LogP contribution is 2.25. The summed E-state index contributed by atoms with van der Waals surface area (Å²) >= 11 is 3.49. The molecule has 0 bridgehead atoms. The Morgan fingerprint density at radius 3 is 2.40 bits per heavy atom. The van der Waals surface area contributed by atoms with Crippen LogP contribution in [0.1, 0.15) is 12.5 Å². The number of nitrogens with zero attached hydrogens (tertiary/aromatic N) is 3. The summed E-state index contributed by atoms with van der Waals surface area (Å²) in [5.41, 5.74) is 4.52. The van der Waals surface area contributed by atoms with Crippen LogP contribution in [0.4, 0.5) is 11.4 Å². The average molecular weight is 497 g/mol. The van der Waals surface area contributed by atoms with Gasteiger partial charge in [0.2, 0.25) is 10.0 Å². The van der Waals surface area contributed by atoms with Gasteiger partial charge in [0.25, 0.3) is 5.91 Å². The zero-order valence-corrected chi connectivity index (χ0v) is 19.7. The predicted molar refractivity (Wildman–Crippen MR) is 124 cm³/mol. The fourth-order valence-corrected chi connectivity index (χ4v) is 4.19. The number of anilines is 2. The smallest absolute Gasteiger partial charge is 0.260 e. The van der Waals surface area contributed by atoms with E-state index < -0.39 is 22.5 Å². The molecule has 8 nitrogen and oxygen atoms in total. The first kappa shape index (κ1) is 23.7. The molecule has 0 spiro atoms. The Bertz CT molecular complexity index is 1010. The number of carbonyl (C=O) groups excluding carboxylic acids is 1. The summed E-state index contributed by atoms with van der Waals surface area (Å²) in [6, 6.07) is 12.1. The molecule has 2 aromatic carbocycles. The van der Waals surface area contributed by atoms with Gasteiger partial charge in [-0.3, -0.25) is 9.10 Å². The van der Waals surface area contributed by atoms with Crippen LogP contribution in [0.2, 0.25) is 0 Å². The number of rotatable bonds is 9. The van der Waals surface area contributed by atoms with Gasteiger partial charge in [0.15, 0.2) is 0 Å². The van der Waals surface area contributed by atoms with Gasteiger partial charge in [0, 0.05) is 18.6 Å². The predicted octanol–water partition coefficient (Wildman–Crippen LogP) is 2.83. The van der Waals surface area contributed by atoms with E-state index in [0.29, 0.717) is 18.0 Å².